The lowest BCUT2D eigenvalue weighted by Gasteiger charge is -2.18. The van der Waals surface area contributed by atoms with E-state index < -0.39 is 5.97 Å². The first-order valence-electron chi connectivity index (χ1n) is 7.71. The molecule has 1 aliphatic heterocycles. The van der Waals surface area contributed by atoms with E-state index in [0.29, 0.717) is 14.8 Å². The van der Waals surface area contributed by atoms with E-state index >= 15 is 0 Å². The number of carboxylic acids is 1. The molecule has 0 radical (unpaired) electrons. The van der Waals surface area contributed by atoms with Gasteiger partial charge in [0.25, 0.3) is 5.91 Å². The molecule has 0 saturated carbocycles. The Morgan fingerprint density at radius 2 is 1.88 bits per heavy atom. The van der Waals surface area contributed by atoms with Crippen LogP contribution in [-0.2, 0) is 11.2 Å². The van der Waals surface area contributed by atoms with Crippen molar-refractivity contribution in [3.8, 4) is 0 Å². The molecule has 0 aromatic heterocycles. The van der Waals surface area contributed by atoms with Gasteiger partial charge < -0.3 is 5.11 Å². The number of para-hydroxylation sites is 1. The molecule has 1 fully saturated rings. The van der Waals surface area contributed by atoms with E-state index in [1.165, 1.54) is 22.7 Å². The number of thiocarbonyl (C=S) groups is 1. The number of nitrogens with zero attached hydrogens (tertiary/aromatic N) is 1. The van der Waals surface area contributed by atoms with Crippen LogP contribution in [0.3, 0.4) is 0 Å². The summed E-state index contributed by atoms with van der Waals surface area (Å²) in [6.07, 6.45) is 2.38. The molecule has 2 aromatic rings. The van der Waals surface area contributed by atoms with Gasteiger partial charge in [-0.2, -0.15) is 0 Å². The Kier molecular flexibility index (Phi) is 5.01. The molecular weight excluding hydrogens is 354 g/mol. The highest BCUT2D eigenvalue weighted by molar-refractivity contribution is 8.27. The maximum atomic E-state index is 12.9. The Bertz CT molecular complexity index is 905. The normalized spacial score (nSPS) is 15.9. The number of carbonyl (C=O) groups is 2. The molecule has 0 aliphatic carbocycles. The van der Waals surface area contributed by atoms with Crippen LogP contribution in [0.15, 0.2) is 53.4 Å². The Balaban J connectivity index is 2.01. The largest absolute Gasteiger partial charge is 0.478 e. The van der Waals surface area contributed by atoms with Gasteiger partial charge >= 0.3 is 5.97 Å². The average Bonchev–Trinajstić information content (AvgIpc) is 2.88. The summed E-state index contributed by atoms with van der Waals surface area (Å²) in [6.45, 7) is 2.02. The summed E-state index contributed by atoms with van der Waals surface area (Å²) in [7, 11) is 0. The van der Waals surface area contributed by atoms with E-state index in [9.17, 15) is 14.7 Å². The van der Waals surface area contributed by atoms with Gasteiger partial charge in [0.15, 0.2) is 4.32 Å². The summed E-state index contributed by atoms with van der Waals surface area (Å²) < 4.78 is 0.449. The lowest BCUT2D eigenvalue weighted by Crippen LogP contribution is -2.28. The molecule has 1 aliphatic rings. The summed E-state index contributed by atoms with van der Waals surface area (Å²) in [5, 5.41) is 9.30. The maximum Gasteiger partial charge on any atom is 0.336 e. The number of aryl methyl sites for hydroxylation is 1. The van der Waals surface area contributed by atoms with Gasteiger partial charge in [0.05, 0.1) is 16.2 Å². The Hall–Kier alpha value is -2.44. The van der Waals surface area contributed by atoms with E-state index in [1.54, 1.807) is 24.3 Å². The van der Waals surface area contributed by atoms with Crippen LogP contribution in [0.1, 0.15) is 28.4 Å². The van der Waals surface area contributed by atoms with Crippen LogP contribution in [0, 0.1) is 0 Å². The highest BCUT2D eigenvalue weighted by Gasteiger charge is 2.34. The molecule has 1 amide bonds. The molecule has 1 saturated heterocycles. The van der Waals surface area contributed by atoms with E-state index in [4.69, 9.17) is 12.2 Å². The molecule has 0 spiro atoms. The highest BCUT2D eigenvalue weighted by Crippen LogP contribution is 2.37. The number of carbonyl (C=O) groups excluding carboxylic acids is 1. The second-order valence-electron chi connectivity index (χ2n) is 5.39. The van der Waals surface area contributed by atoms with Crippen LogP contribution < -0.4 is 4.90 Å². The minimum absolute atomic E-state index is 0.154. The number of rotatable bonds is 4. The lowest BCUT2D eigenvalue weighted by atomic mass is 10.1. The van der Waals surface area contributed by atoms with Crippen LogP contribution in [0.5, 0.6) is 0 Å². The number of hydrogen-bond acceptors (Lipinski definition) is 4. The standard InChI is InChI=1S/C19H15NO3S2/c1-2-12-7-4-6-10-15(12)20-17(21)16(25-19(20)24)11-13-8-3-5-9-14(13)18(22)23/h3-11H,2H2,1H3,(H,22,23)/b16-11+. The van der Waals surface area contributed by atoms with Gasteiger partial charge in [0, 0.05) is 0 Å². The third kappa shape index (κ3) is 3.36. The third-order valence-corrected chi connectivity index (χ3v) is 5.19. The molecule has 25 heavy (non-hydrogen) atoms. The first-order chi connectivity index (χ1) is 12.0. The number of thioether (sulfide) groups is 1. The number of carboxylic acid groups (broad SMARTS) is 1. The number of aromatic carboxylic acids is 1. The molecule has 0 bridgehead atoms. The van der Waals surface area contributed by atoms with Crippen LogP contribution >= 0.6 is 24.0 Å². The molecular formula is C19H15NO3S2. The molecule has 3 rings (SSSR count). The summed E-state index contributed by atoms with van der Waals surface area (Å²) >= 11 is 6.58. The van der Waals surface area contributed by atoms with E-state index in [1.807, 2.05) is 31.2 Å². The van der Waals surface area contributed by atoms with Crippen molar-refractivity contribution in [3.05, 3.63) is 70.1 Å². The van der Waals surface area contributed by atoms with Crippen molar-refractivity contribution in [1.82, 2.24) is 0 Å². The fraction of sp³-hybridized carbons (Fsp3) is 0.105. The van der Waals surface area contributed by atoms with Crippen LogP contribution in [0.25, 0.3) is 6.08 Å². The second-order valence-corrected chi connectivity index (χ2v) is 7.07. The lowest BCUT2D eigenvalue weighted by molar-refractivity contribution is -0.113. The number of hydrogen-bond donors (Lipinski definition) is 1. The maximum absolute atomic E-state index is 12.9. The fourth-order valence-electron chi connectivity index (χ4n) is 2.66. The van der Waals surface area contributed by atoms with Crippen molar-refractivity contribution in [1.29, 1.82) is 0 Å². The zero-order chi connectivity index (χ0) is 18.0. The Morgan fingerprint density at radius 1 is 1.20 bits per heavy atom. The first-order valence-corrected chi connectivity index (χ1v) is 8.93. The van der Waals surface area contributed by atoms with Gasteiger partial charge in [-0.1, -0.05) is 67.3 Å². The predicted octanol–water partition coefficient (Wildman–Crippen LogP) is 4.35. The second kappa shape index (κ2) is 7.21. The van der Waals surface area contributed by atoms with Gasteiger partial charge in [-0.3, -0.25) is 9.69 Å². The molecule has 1 heterocycles. The van der Waals surface area contributed by atoms with Gasteiger partial charge in [0.1, 0.15) is 0 Å². The average molecular weight is 369 g/mol. The number of amides is 1. The molecule has 6 heteroatoms. The van der Waals surface area contributed by atoms with Crippen LogP contribution in [-0.4, -0.2) is 21.3 Å². The monoisotopic (exact) mass is 369 g/mol. The van der Waals surface area contributed by atoms with Crippen LogP contribution in [0.4, 0.5) is 5.69 Å². The van der Waals surface area contributed by atoms with Gasteiger partial charge in [-0.05, 0) is 35.8 Å². The quantitative estimate of drug-likeness (QED) is 0.641. The minimum Gasteiger partial charge on any atom is -0.478 e. The Labute approximate surface area is 155 Å². The summed E-state index contributed by atoms with van der Waals surface area (Å²) in [5.41, 5.74) is 2.45. The van der Waals surface area contributed by atoms with Crippen molar-refractivity contribution in [2.75, 3.05) is 4.90 Å². The zero-order valence-electron chi connectivity index (χ0n) is 13.4. The number of anilines is 1. The minimum atomic E-state index is -1.03. The molecule has 1 N–H and O–H groups in total. The van der Waals surface area contributed by atoms with Crippen LogP contribution in [0.2, 0.25) is 0 Å². The number of benzene rings is 2. The molecule has 4 nitrogen and oxygen atoms in total. The van der Waals surface area contributed by atoms with E-state index in [0.717, 1.165) is 17.7 Å². The summed E-state index contributed by atoms with van der Waals surface area (Å²) in [5.74, 6) is -1.25. The third-order valence-electron chi connectivity index (χ3n) is 3.88. The smallest absolute Gasteiger partial charge is 0.336 e. The SMILES string of the molecule is CCc1ccccc1N1C(=O)/C(=C\c2ccccc2C(=O)O)SC1=S. The Morgan fingerprint density at radius 3 is 2.60 bits per heavy atom. The predicted molar refractivity (Wildman–Crippen MR) is 105 cm³/mol. The van der Waals surface area contributed by atoms with E-state index in [2.05, 4.69) is 0 Å². The van der Waals surface area contributed by atoms with Gasteiger partial charge in [-0.15, -0.1) is 0 Å². The van der Waals surface area contributed by atoms with Gasteiger partial charge in [-0.25, -0.2) is 4.79 Å². The van der Waals surface area contributed by atoms with Crippen molar-refractivity contribution >= 4 is 51.9 Å². The molecule has 126 valence electrons. The highest BCUT2D eigenvalue weighted by atomic mass is 32.2. The topological polar surface area (TPSA) is 57.6 Å². The van der Waals surface area contributed by atoms with Crippen molar-refractivity contribution in [2.24, 2.45) is 0 Å². The van der Waals surface area contributed by atoms with Crippen molar-refractivity contribution < 1.29 is 14.7 Å². The van der Waals surface area contributed by atoms with Crippen molar-refractivity contribution in [3.63, 3.8) is 0 Å². The molecule has 0 unspecified atom stereocenters. The first kappa shape index (κ1) is 17.4. The summed E-state index contributed by atoms with van der Waals surface area (Å²) in [4.78, 5) is 26.2. The molecule has 0 atom stereocenters. The zero-order valence-corrected chi connectivity index (χ0v) is 15.1. The van der Waals surface area contributed by atoms with Gasteiger partial charge in [0.2, 0.25) is 0 Å². The fourth-order valence-corrected chi connectivity index (χ4v) is 3.94. The molecule has 2 aromatic carbocycles. The summed E-state index contributed by atoms with van der Waals surface area (Å²) in [6, 6.07) is 14.2. The van der Waals surface area contributed by atoms with E-state index in [-0.39, 0.29) is 11.5 Å². The van der Waals surface area contributed by atoms with Crippen molar-refractivity contribution in [2.45, 2.75) is 13.3 Å².